The fourth-order valence-corrected chi connectivity index (χ4v) is 2.06. The van der Waals surface area contributed by atoms with Gasteiger partial charge in [-0.3, -0.25) is 0 Å². The van der Waals surface area contributed by atoms with E-state index in [-0.39, 0.29) is 0 Å². The van der Waals surface area contributed by atoms with E-state index in [1.807, 2.05) is 18.2 Å². The maximum Gasteiger partial charge on any atom is 0.171 e. The molecule has 1 aliphatic rings. The highest BCUT2D eigenvalue weighted by Gasteiger charge is 2.28. The molecule has 1 aromatic rings. The quantitative estimate of drug-likeness (QED) is 0.804. The smallest absolute Gasteiger partial charge is 0.171 e. The van der Waals surface area contributed by atoms with Crippen LogP contribution in [0.15, 0.2) is 24.3 Å². The summed E-state index contributed by atoms with van der Waals surface area (Å²) in [5.74, 6) is 0.751. The van der Waals surface area contributed by atoms with Crippen molar-refractivity contribution in [3.05, 3.63) is 29.8 Å². The molecule has 0 aliphatic heterocycles. The molecule has 0 heterocycles. The Hall–Kier alpha value is -1.60. The lowest BCUT2D eigenvalue weighted by atomic mass is 10.2. The van der Waals surface area contributed by atoms with Gasteiger partial charge in [-0.25, -0.2) is 0 Å². The Morgan fingerprint density at radius 3 is 2.82 bits per heavy atom. The Kier molecular flexibility index (Phi) is 3.60. The molecule has 0 amide bonds. The van der Waals surface area contributed by atoms with E-state index in [4.69, 9.17) is 17.5 Å². The van der Waals surface area contributed by atoms with Gasteiger partial charge in [0.15, 0.2) is 5.11 Å². The highest BCUT2D eigenvalue weighted by Crippen LogP contribution is 2.32. The van der Waals surface area contributed by atoms with Crippen molar-refractivity contribution in [1.82, 2.24) is 5.32 Å². The fraction of sp³-hybridized carbons (Fsp3) is 0.385. The van der Waals surface area contributed by atoms with E-state index in [1.165, 1.54) is 12.8 Å². The van der Waals surface area contributed by atoms with Crippen LogP contribution in [0.1, 0.15) is 25.3 Å². The predicted molar refractivity (Wildman–Crippen MR) is 72.7 cm³/mol. The summed E-state index contributed by atoms with van der Waals surface area (Å²) in [6.45, 7) is 2.14. The molecule has 2 rings (SSSR count). The summed E-state index contributed by atoms with van der Waals surface area (Å²) in [7, 11) is 0. The standard InChI is InChI=1S/C13H15N3S/c1-9(10-6-7-10)15-13(17)16-12-5-3-2-4-11(12)8-14/h2-5,9-10H,6-7H2,1H3,(H2,15,16,17). The Balaban J connectivity index is 1.95. The van der Waals surface area contributed by atoms with Crippen LogP contribution in [0.25, 0.3) is 0 Å². The first kappa shape index (κ1) is 11.9. The van der Waals surface area contributed by atoms with E-state index in [0.29, 0.717) is 16.7 Å². The number of thiocarbonyl (C=S) groups is 1. The van der Waals surface area contributed by atoms with E-state index in [2.05, 4.69) is 23.6 Å². The van der Waals surface area contributed by atoms with Gasteiger partial charge in [0.1, 0.15) is 6.07 Å². The van der Waals surface area contributed by atoms with E-state index < -0.39 is 0 Å². The van der Waals surface area contributed by atoms with Gasteiger partial charge < -0.3 is 10.6 Å². The number of nitrogens with zero attached hydrogens (tertiary/aromatic N) is 1. The predicted octanol–water partition coefficient (Wildman–Crippen LogP) is 2.64. The number of hydrogen-bond acceptors (Lipinski definition) is 2. The van der Waals surface area contributed by atoms with Crippen molar-refractivity contribution < 1.29 is 0 Å². The van der Waals surface area contributed by atoms with Gasteiger partial charge in [0.05, 0.1) is 11.3 Å². The largest absolute Gasteiger partial charge is 0.360 e. The molecule has 88 valence electrons. The second-order valence-electron chi connectivity index (χ2n) is 4.38. The molecule has 3 nitrogen and oxygen atoms in total. The summed E-state index contributed by atoms with van der Waals surface area (Å²) >= 11 is 5.24. The molecule has 1 aliphatic carbocycles. The lowest BCUT2D eigenvalue weighted by Gasteiger charge is -2.16. The van der Waals surface area contributed by atoms with Crippen molar-refractivity contribution in [1.29, 1.82) is 5.26 Å². The van der Waals surface area contributed by atoms with Gasteiger partial charge in [0, 0.05) is 6.04 Å². The van der Waals surface area contributed by atoms with E-state index >= 15 is 0 Å². The van der Waals surface area contributed by atoms with E-state index in [0.717, 1.165) is 11.6 Å². The summed E-state index contributed by atoms with van der Waals surface area (Å²) in [4.78, 5) is 0. The SMILES string of the molecule is CC(NC(=S)Nc1ccccc1C#N)C1CC1. The molecular weight excluding hydrogens is 230 g/mol. The number of rotatable bonds is 3. The molecule has 1 aromatic carbocycles. The zero-order valence-corrected chi connectivity index (χ0v) is 10.6. The normalized spacial score (nSPS) is 15.8. The van der Waals surface area contributed by atoms with Gasteiger partial charge in [-0.1, -0.05) is 12.1 Å². The van der Waals surface area contributed by atoms with Crippen LogP contribution in [0, 0.1) is 17.2 Å². The van der Waals surface area contributed by atoms with Gasteiger partial charge in [-0.15, -0.1) is 0 Å². The Morgan fingerprint density at radius 1 is 1.47 bits per heavy atom. The third-order valence-corrected chi connectivity index (χ3v) is 3.20. The first-order valence-electron chi connectivity index (χ1n) is 5.77. The van der Waals surface area contributed by atoms with Crippen LogP contribution in [0.5, 0.6) is 0 Å². The summed E-state index contributed by atoms with van der Waals surface area (Å²) < 4.78 is 0. The maximum atomic E-state index is 8.96. The monoisotopic (exact) mass is 245 g/mol. The molecule has 0 saturated heterocycles. The molecule has 0 radical (unpaired) electrons. The molecule has 0 bridgehead atoms. The number of nitriles is 1. The van der Waals surface area contributed by atoms with Crippen LogP contribution in [0.2, 0.25) is 0 Å². The number of anilines is 1. The number of benzene rings is 1. The van der Waals surface area contributed by atoms with Crippen molar-refractivity contribution in [2.24, 2.45) is 5.92 Å². The Bertz CT molecular complexity index is 460. The minimum Gasteiger partial charge on any atom is -0.360 e. The van der Waals surface area contributed by atoms with E-state index in [1.54, 1.807) is 6.07 Å². The average Bonchev–Trinajstić information content (AvgIpc) is 3.13. The molecule has 1 unspecified atom stereocenters. The minimum atomic E-state index is 0.407. The zero-order valence-electron chi connectivity index (χ0n) is 9.73. The van der Waals surface area contributed by atoms with E-state index in [9.17, 15) is 0 Å². The van der Waals surface area contributed by atoms with Crippen LogP contribution in [-0.2, 0) is 0 Å². The summed E-state index contributed by atoms with van der Waals surface area (Å²) in [6, 6.07) is 9.90. The summed E-state index contributed by atoms with van der Waals surface area (Å²) in [5, 5.41) is 15.9. The summed E-state index contributed by atoms with van der Waals surface area (Å²) in [5.41, 5.74) is 1.37. The Labute approximate surface area is 107 Å². The molecule has 0 spiro atoms. The zero-order chi connectivity index (χ0) is 12.3. The van der Waals surface area contributed by atoms with Gasteiger partial charge in [-0.05, 0) is 50.0 Å². The molecule has 2 N–H and O–H groups in total. The van der Waals surface area contributed by atoms with Crippen molar-refractivity contribution in [2.45, 2.75) is 25.8 Å². The first-order chi connectivity index (χ1) is 8.20. The third kappa shape index (κ3) is 3.18. The minimum absolute atomic E-state index is 0.407. The van der Waals surface area contributed by atoms with Gasteiger partial charge in [0.25, 0.3) is 0 Å². The van der Waals surface area contributed by atoms with Crippen LogP contribution in [-0.4, -0.2) is 11.2 Å². The lowest BCUT2D eigenvalue weighted by molar-refractivity contribution is 0.590. The average molecular weight is 245 g/mol. The van der Waals surface area contributed by atoms with Gasteiger partial charge >= 0.3 is 0 Å². The third-order valence-electron chi connectivity index (χ3n) is 2.98. The van der Waals surface area contributed by atoms with Gasteiger partial charge in [0.2, 0.25) is 0 Å². The number of hydrogen-bond donors (Lipinski definition) is 2. The molecule has 0 aromatic heterocycles. The summed E-state index contributed by atoms with van der Waals surface area (Å²) in [6.07, 6.45) is 2.57. The second-order valence-corrected chi connectivity index (χ2v) is 4.79. The molecule has 17 heavy (non-hydrogen) atoms. The van der Waals surface area contributed by atoms with Crippen LogP contribution in [0.3, 0.4) is 0 Å². The highest BCUT2D eigenvalue weighted by molar-refractivity contribution is 7.80. The van der Waals surface area contributed by atoms with Crippen molar-refractivity contribution >= 4 is 23.0 Å². The highest BCUT2D eigenvalue weighted by atomic mass is 32.1. The lowest BCUT2D eigenvalue weighted by Crippen LogP contribution is -2.37. The van der Waals surface area contributed by atoms with Crippen molar-refractivity contribution in [3.8, 4) is 6.07 Å². The molecule has 4 heteroatoms. The Morgan fingerprint density at radius 2 is 2.18 bits per heavy atom. The van der Waals surface area contributed by atoms with Crippen LogP contribution >= 0.6 is 12.2 Å². The number of nitrogens with one attached hydrogen (secondary N) is 2. The number of para-hydroxylation sites is 1. The van der Waals surface area contributed by atoms with Crippen LogP contribution < -0.4 is 10.6 Å². The fourth-order valence-electron chi connectivity index (χ4n) is 1.77. The van der Waals surface area contributed by atoms with Crippen LogP contribution in [0.4, 0.5) is 5.69 Å². The topological polar surface area (TPSA) is 47.8 Å². The molecule has 1 fully saturated rings. The van der Waals surface area contributed by atoms with Crippen molar-refractivity contribution in [3.63, 3.8) is 0 Å². The molecular formula is C13H15N3S. The van der Waals surface area contributed by atoms with Gasteiger partial charge in [-0.2, -0.15) is 5.26 Å². The van der Waals surface area contributed by atoms with Crippen molar-refractivity contribution in [2.75, 3.05) is 5.32 Å². The maximum absolute atomic E-state index is 8.96. The molecule has 1 atom stereocenters. The molecule has 1 saturated carbocycles. The second kappa shape index (κ2) is 5.15. The first-order valence-corrected chi connectivity index (χ1v) is 6.18.